The van der Waals surface area contributed by atoms with E-state index in [0.29, 0.717) is 39.3 Å². The fourth-order valence-corrected chi connectivity index (χ4v) is 4.35. The third-order valence-electron chi connectivity index (χ3n) is 4.70. The molecule has 30 heavy (non-hydrogen) atoms. The zero-order valence-electron chi connectivity index (χ0n) is 15.5. The average Bonchev–Trinajstić information content (AvgIpc) is 3.09. The van der Waals surface area contributed by atoms with Crippen molar-refractivity contribution in [3.63, 3.8) is 0 Å². The maximum Gasteiger partial charge on any atom is 0.278 e. The normalized spacial score (nSPS) is 17.1. The Labute approximate surface area is 181 Å². The first-order chi connectivity index (χ1) is 14.6. The highest BCUT2D eigenvalue weighted by Crippen LogP contribution is 2.35. The number of thiocarbonyl (C=S) groups is 1. The Balaban J connectivity index is 1.50. The topological polar surface area (TPSA) is 84.4 Å². The van der Waals surface area contributed by atoms with Crippen LogP contribution < -0.4 is 15.0 Å². The number of carbonyl (C=O) groups excluding carboxylic acids is 2. The van der Waals surface area contributed by atoms with Crippen molar-refractivity contribution in [2.75, 3.05) is 18.1 Å². The van der Waals surface area contributed by atoms with E-state index in [4.69, 9.17) is 17.0 Å². The molecular weight excluding hydrogens is 420 g/mol. The van der Waals surface area contributed by atoms with Gasteiger partial charge in [0.05, 0.1) is 34.4 Å². The van der Waals surface area contributed by atoms with E-state index in [1.165, 1.54) is 18.0 Å². The Hall–Kier alpha value is -3.30. The summed E-state index contributed by atoms with van der Waals surface area (Å²) in [5, 5.41) is 2.60. The van der Waals surface area contributed by atoms with Crippen LogP contribution in [0.25, 0.3) is 17.1 Å². The number of para-hydroxylation sites is 2. The van der Waals surface area contributed by atoms with Gasteiger partial charge in [-0.15, -0.1) is 0 Å². The molecule has 2 aliphatic heterocycles. The second-order valence-electron chi connectivity index (χ2n) is 6.63. The van der Waals surface area contributed by atoms with E-state index in [2.05, 4.69) is 15.3 Å². The van der Waals surface area contributed by atoms with E-state index in [1.54, 1.807) is 17.0 Å². The standard InChI is InChI=1S/C21H14N4O3S2/c26-19-18(30-21(29)24-19)10-12-5-6-17-16(9-12)25(7-8-28-17)20(27)15-11-22-13-3-1-2-4-14(13)23-15/h1-6,9-11H,7-8H2,(H,24,26,29)/b18-10-. The number of fused-ring (bicyclic) bond motifs is 2. The van der Waals surface area contributed by atoms with Gasteiger partial charge >= 0.3 is 0 Å². The molecule has 1 aromatic heterocycles. The summed E-state index contributed by atoms with van der Waals surface area (Å²) in [6, 6.07) is 12.9. The van der Waals surface area contributed by atoms with E-state index in [1.807, 2.05) is 36.4 Å². The third-order valence-corrected chi connectivity index (χ3v) is 5.86. The molecule has 2 amide bonds. The van der Waals surface area contributed by atoms with Crippen LogP contribution >= 0.6 is 24.0 Å². The number of aromatic nitrogens is 2. The van der Waals surface area contributed by atoms with Gasteiger partial charge in [0.25, 0.3) is 11.8 Å². The van der Waals surface area contributed by atoms with Gasteiger partial charge < -0.3 is 15.0 Å². The number of benzene rings is 2. The Morgan fingerprint density at radius 2 is 2.07 bits per heavy atom. The highest BCUT2D eigenvalue weighted by atomic mass is 32.2. The fourth-order valence-electron chi connectivity index (χ4n) is 3.31. The first kappa shape index (κ1) is 18.7. The Kier molecular flexibility index (Phi) is 4.68. The van der Waals surface area contributed by atoms with Crippen LogP contribution in [-0.4, -0.2) is 39.3 Å². The number of thioether (sulfide) groups is 1. The molecule has 5 rings (SSSR count). The lowest BCUT2D eigenvalue weighted by molar-refractivity contribution is -0.115. The number of anilines is 1. The summed E-state index contributed by atoms with van der Waals surface area (Å²) < 4.78 is 6.15. The molecule has 7 nitrogen and oxygen atoms in total. The molecule has 2 aromatic carbocycles. The first-order valence-corrected chi connectivity index (χ1v) is 10.4. The monoisotopic (exact) mass is 434 g/mol. The van der Waals surface area contributed by atoms with Crippen LogP contribution in [0.5, 0.6) is 5.75 Å². The van der Waals surface area contributed by atoms with Crippen LogP contribution in [0.2, 0.25) is 0 Å². The van der Waals surface area contributed by atoms with Gasteiger partial charge in [0, 0.05) is 0 Å². The quantitative estimate of drug-likeness (QED) is 0.490. The Morgan fingerprint density at radius 3 is 2.87 bits per heavy atom. The molecule has 1 fully saturated rings. The van der Waals surface area contributed by atoms with Crippen molar-refractivity contribution in [3.8, 4) is 5.75 Å². The van der Waals surface area contributed by atoms with Crippen LogP contribution in [0.1, 0.15) is 16.1 Å². The molecule has 0 saturated carbocycles. The minimum Gasteiger partial charge on any atom is -0.490 e. The SMILES string of the molecule is O=C1NC(=S)S/C1=C\c1ccc2c(c1)N(C(=O)c1cnc3ccccc3n1)CCO2. The van der Waals surface area contributed by atoms with Crippen LogP contribution in [-0.2, 0) is 4.79 Å². The molecule has 9 heteroatoms. The second kappa shape index (κ2) is 7.51. The average molecular weight is 435 g/mol. The maximum absolute atomic E-state index is 13.2. The fraction of sp³-hybridized carbons (Fsp3) is 0.0952. The van der Waals surface area contributed by atoms with E-state index in [0.717, 1.165) is 11.1 Å². The summed E-state index contributed by atoms with van der Waals surface area (Å²) in [7, 11) is 0. The number of hydrogen-bond donors (Lipinski definition) is 1. The predicted molar refractivity (Wildman–Crippen MR) is 119 cm³/mol. The lowest BCUT2D eigenvalue weighted by Crippen LogP contribution is -2.38. The van der Waals surface area contributed by atoms with Crippen molar-refractivity contribution < 1.29 is 14.3 Å². The van der Waals surface area contributed by atoms with Gasteiger partial charge in [0.15, 0.2) is 0 Å². The van der Waals surface area contributed by atoms with Crippen LogP contribution in [0.3, 0.4) is 0 Å². The molecule has 0 aliphatic carbocycles. The molecule has 0 atom stereocenters. The molecule has 0 radical (unpaired) electrons. The summed E-state index contributed by atoms with van der Waals surface area (Å²) >= 11 is 6.24. The van der Waals surface area contributed by atoms with Gasteiger partial charge in [-0.1, -0.05) is 42.2 Å². The van der Waals surface area contributed by atoms with Crippen LogP contribution in [0.4, 0.5) is 5.69 Å². The van der Waals surface area contributed by atoms with Gasteiger partial charge in [-0.05, 0) is 35.9 Å². The third kappa shape index (κ3) is 3.42. The van der Waals surface area contributed by atoms with Gasteiger partial charge in [0.2, 0.25) is 0 Å². The number of carbonyl (C=O) groups is 2. The van der Waals surface area contributed by atoms with Gasteiger partial charge in [-0.25, -0.2) is 4.98 Å². The first-order valence-electron chi connectivity index (χ1n) is 9.14. The maximum atomic E-state index is 13.2. The molecule has 2 aliphatic rings. The molecule has 1 saturated heterocycles. The smallest absolute Gasteiger partial charge is 0.278 e. The van der Waals surface area contributed by atoms with E-state index < -0.39 is 0 Å². The van der Waals surface area contributed by atoms with Gasteiger partial charge in [-0.3, -0.25) is 14.6 Å². The van der Waals surface area contributed by atoms with E-state index >= 15 is 0 Å². The minimum absolute atomic E-state index is 0.224. The van der Waals surface area contributed by atoms with E-state index in [9.17, 15) is 9.59 Å². The van der Waals surface area contributed by atoms with Gasteiger partial charge in [-0.2, -0.15) is 0 Å². The highest BCUT2D eigenvalue weighted by molar-refractivity contribution is 8.26. The number of nitrogens with zero attached hydrogens (tertiary/aromatic N) is 3. The molecule has 0 spiro atoms. The molecule has 3 heterocycles. The number of nitrogens with one attached hydrogen (secondary N) is 1. The van der Waals surface area contributed by atoms with Crippen molar-refractivity contribution >= 4 is 62.9 Å². The number of amides is 2. The van der Waals surface area contributed by atoms with E-state index in [-0.39, 0.29) is 17.5 Å². The zero-order valence-corrected chi connectivity index (χ0v) is 17.1. The molecular formula is C21H14N4O3S2. The molecule has 1 N–H and O–H groups in total. The van der Waals surface area contributed by atoms with Crippen molar-refractivity contribution in [2.24, 2.45) is 0 Å². The minimum atomic E-state index is -0.253. The largest absolute Gasteiger partial charge is 0.490 e. The molecule has 0 bridgehead atoms. The van der Waals surface area contributed by atoms with Crippen molar-refractivity contribution in [1.82, 2.24) is 15.3 Å². The summed E-state index contributed by atoms with van der Waals surface area (Å²) in [4.78, 5) is 36.1. The van der Waals surface area contributed by atoms with Crippen molar-refractivity contribution in [3.05, 3.63) is 64.8 Å². The molecule has 3 aromatic rings. The lowest BCUT2D eigenvalue weighted by Gasteiger charge is -2.29. The molecule has 0 unspecified atom stereocenters. The number of hydrogen-bond acceptors (Lipinski definition) is 7. The summed E-state index contributed by atoms with van der Waals surface area (Å²) in [5.41, 5.74) is 3.05. The second-order valence-corrected chi connectivity index (χ2v) is 8.35. The van der Waals surface area contributed by atoms with Crippen LogP contribution in [0.15, 0.2) is 53.6 Å². The zero-order chi connectivity index (χ0) is 20.7. The van der Waals surface area contributed by atoms with Gasteiger partial charge in [0.1, 0.15) is 22.4 Å². The van der Waals surface area contributed by atoms with Crippen LogP contribution in [0, 0.1) is 0 Å². The number of rotatable bonds is 2. The van der Waals surface area contributed by atoms with Crippen molar-refractivity contribution in [2.45, 2.75) is 0 Å². The Morgan fingerprint density at radius 1 is 1.23 bits per heavy atom. The highest BCUT2D eigenvalue weighted by Gasteiger charge is 2.27. The number of ether oxygens (including phenoxy) is 1. The lowest BCUT2D eigenvalue weighted by atomic mass is 10.1. The summed E-state index contributed by atoms with van der Waals surface area (Å²) in [6.07, 6.45) is 3.23. The van der Waals surface area contributed by atoms with Crippen molar-refractivity contribution in [1.29, 1.82) is 0 Å². The summed E-state index contributed by atoms with van der Waals surface area (Å²) in [6.45, 7) is 0.770. The predicted octanol–water partition coefficient (Wildman–Crippen LogP) is 3.16. The summed E-state index contributed by atoms with van der Waals surface area (Å²) in [5.74, 6) is 0.125. The Bertz CT molecular complexity index is 1260. The molecule has 148 valence electrons.